The van der Waals surface area contributed by atoms with Crippen LogP contribution in [0.5, 0.6) is 0 Å². The first kappa shape index (κ1) is 12.6. The normalized spacial score (nSPS) is 12.1. The number of benzene rings is 1. The molecule has 0 amide bonds. The highest BCUT2D eigenvalue weighted by atomic mass is 32.2. The maximum absolute atomic E-state index is 10.4. The summed E-state index contributed by atoms with van der Waals surface area (Å²) in [6.45, 7) is 0.407. The van der Waals surface area contributed by atoms with Crippen LogP contribution in [0.3, 0.4) is 0 Å². The molecule has 0 heterocycles. The summed E-state index contributed by atoms with van der Waals surface area (Å²) in [6.07, 6.45) is 0. The van der Waals surface area contributed by atoms with Crippen molar-refractivity contribution in [1.29, 1.82) is 0 Å². The van der Waals surface area contributed by atoms with Crippen molar-refractivity contribution in [3.8, 4) is 0 Å². The van der Waals surface area contributed by atoms with Crippen molar-refractivity contribution in [3.05, 3.63) is 34.4 Å². The molecule has 0 aromatic heterocycles. The quantitative estimate of drug-likeness (QED) is 0.338. The van der Waals surface area contributed by atoms with Gasteiger partial charge in [0.05, 0.1) is 11.5 Å². The highest BCUT2D eigenvalue weighted by Gasteiger charge is 2.03. The first-order valence-electron chi connectivity index (χ1n) is 4.32. The summed E-state index contributed by atoms with van der Waals surface area (Å²) in [4.78, 5) is 9.87. The second-order valence-electron chi connectivity index (χ2n) is 2.77. The molecule has 1 rings (SSSR count). The Morgan fingerprint density at radius 3 is 2.56 bits per heavy atom. The van der Waals surface area contributed by atoms with E-state index in [0.29, 0.717) is 12.2 Å². The van der Waals surface area contributed by atoms with Gasteiger partial charge in [0.1, 0.15) is 0 Å². The molecular weight excluding hydrogens is 236 g/mol. The van der Waals surface area contributed by atoms with Crippen LogP contribution in [0.25, 0.3) is 0 Å². The molecule has 1 atom stereocenters. The maximum atomic E-state index is 10.4. The lowest BCUT2D eigenvalue weighted by Crippen LogP contribution is -2.10. The van der Waals surface area contributed by atoms with Crippen LogP contribution < -0.4 is 5.32 Å². The van der Waals surface area contributed by atoms with E-state index in [9.17, 15) is 14.3 Å². The summed E-state index contributed by atoms with van der Waals surface area (Å²) in [5.74, 6) is 0. The fourth-order valence-corrected chi connectivity index (χ4v) is 1.24. The van der Waals surface area contributed by atoms with E-state index in [1.165, 1.54) is 12.1 Å². The Morgan fingerprint density at radius 1 is 1.44 bits per heavy atom. The van der Waals surface area contributed by atoms with Crippen LogP contribution >= 0.6 is 0 Å². The topological polar surface area (TPSA) is 102 Å². The smallest absolute Gasteiger partial charge is 0.301 e. The second-order valence-corrected chi connectivity index (χ2v) is 3.44. The lowest BCUT2D eigenvalue weighted by Gasteiger charge is -2.04. The average Bonchev–Trinajstić information content (AvgIpc) is 2.25. The van der Waals surface area contributed by atoms with E-state index in [4.69, 9.17) is 4.55 Å². The van der Waals surface area contributed by atoms with Gasteiger partial charge >= 0.3 is 11.4 Å². The van der Waals surface area contributed by atoms with Gasteiger partial charge in [0.15, 0.2) is 0 Å². The van der Waals surface area contributed by atoms with Crippen LogP contribution in [0.4, 0.5) is 11.4 Å². The predicted octanol–water partition coefficient (Wildman–Crippen LogP) is 1.16. The minimum atomic E-state index is -2.26. The molecule has 1 unspecified atom stereocenters. The van der Waals surface area contributed by atoms with E-state index in [1.807, 2.05) is 0 Å². The largest absolute Gasteiger partial charge is 0.383 e. The Hall–Kier alpha value is -1.51. The monoisotopic (exact) mass is 246 g/mol. The van der Waals surface area contributed by atoms with Crippen molar-refractivity contribution in [1.82, 2.24) is 0 Å². The Labute approximate surface area is 94.1 Å². The third kappa shape index (κ3) is 4.34. The summed E-state index contributed by atoms with van der Waals surface area (Å²) in [5, 5.41) is 13.2. The van der Waals surface area contributed by atoms with Gasteiger partial charge in [-0.3, -0.25) is 18.9 Å². The molecule has 88 valence electrons. The average molecular weight is 246 g/mol. The number of non-ortho nitro benzene ring substituents is 1. The van der Waals surface area contributed by atoms with Gasteiger partial charge in [-0.2, -0.15) is 4.21 Å². The van der Waals surface area contributed by atoms with Gasteiger partial charge in [0, 0.05) is 24.4 Å². The van der Waals surface area contributed by atoms with Crippen LogP contribution in [0.2, 0.25) is 0 Å². The highest BCUT2D eigenvalue weighted by molar-refractivity contribution is 7.74. The Bertz CT molecular complexity index is 381. The van der Waals surface area contributed by atoms with E-state index in [0.717, 1.165) is 0 Å². The fraction of sp³-hybridized carbons (Fsp3) is 0.250. The van der Waals surface area contributed by atoms with E-state index >= 15 is 0 Å². The summed E-state index contributed by atoms with van der Waals surface area (Å²) < 4.78 is 22.8. The molecule has 0 bridgehead atoms. The predicted molar refractivity (Wildman–Crippen MR) is 58.3 cm³/mol. The van der Waals surface area contributed by atoms with E-state index in [2.05, 4.69) is 9.50 Å². The van der Waals surface area contributed by atoms with Crippen molar-refractivity contribution in [2.45, 2.75) is 0 Å². The molecular formula is C8H10N2O5S. The van der Waals surface area contributed by atoms with Crippen molar-refractivity contribution >= 4 is 22.7 Å². The summed E-state index contributed by atoms with van der Waals surface area (Å²) in [6, 6.07) is 5.84. The minimum absolute atomic E-state index is 0.0123. The first-order chi connectivity index (χ1) is 7.59. The van der Waals surface area contributed by atoms with Crippen LogP contribution in [0.1, 0.15) is 0 Å². The summed E-state index contributed by atoms with van der Waals surface area (Å²) >= 11 is -2.26. The van der Waals surface area contributed by atoms with Crippen molar-refractivity contribution in [2.24, 2.45) is 0 Å². The zero-order valence-electron chi connectivity index (χ0n) is 8.16. The fourth-order valence-electron chi connectivity index (χ4n) is 1.01. The van der Waals surface area contributed by atoms with Gasteiger partial charge in [0.25, 0.3) is 5.69 Å². The molecule has 16 heavy (non-hydrogen) atoms. The Morgan fingerprint density at radius 2 is 2.06 bits per heavy atom. The zero-order valence-corrected chi connectivity index (χ0v) is 8.98. The number of hydrogen-bond acceptors (Lipinski definition) is 5. The number of nitro groups is 1. The van der Waals surface area contributed by atoms with Gasteiger partial charge in [-0.05, 0) is 12.1 Å². The van der Waals surface area contributed by atoms with Gasteiger partial charge in [-0.1, -0.05) is 0 Å². The SMILES string of the molecule is O=[N+]([O-])c1ccc(NCCOS(=O)O)cc1. The molecule has 7 nitrogen and oxygen atoms in total. The van der Waals surface area contributed by atoms with Crippen LogP contribution in [0.15, 0.2) is 24.3 Å². The number of rotatable bonds is 6. The van der Waals surface area contributed by atoms with Gasteiger partial charge in [-0.15, -0.1) is 0 Å². The van der Waals surface area contributed by atoms with E-state index in [-0.39, 0.29) is 12.3 Å². The molecule has 0 aliphatic rings. The molecule has 1 aromatic carbocycles. The third-order valence-corrected chi connectivity index (χ3v) is 2.06. The molecule has 0 saturated heterocycles. The van der Waals surface area contributed by atoms with E-state index in [1.54, 1.807) is 12.1 Å². The Balaban J connectivity index is 2.38. The lowest BCUT2D eigenvalue weighted by molar-refractivity contribution is -0.384. The minimum Gasteiger partial charge on any atom is -0.383 e. The number of nitrogens with one attached hydrogen (secondary N) is 1. The molecule has 2 N–H and O–H groups in total. The molecule has 1 aromatic rings. The second kappa shape index (κ2) is 6.16. The molecule has 0 saturated carbocycles. The van der Waals surface area contributed by atoms with Crippen LogP contribution in [-0.2, 0) is 15.5 Å². The van der Waals surface area contributed by atoms with Crippen LogP contribution in [0, 0.1) is 10.1 Å². The number of nitrogens with zero attached hydrogens (tertiary/aromatic N) is 1. The number of anilines is 1. The summed E-state index contributed by atoms with van der Waals surface area (Å²) in [5.41, 5.74) is 0.691. The molecule has 0 aliphatic carbocycles. The van der Waals surface area contributed by atoms with Crippen molar-refractivity contribution in [3.63, 3.8) is 0 Å². The van der Waals surface area contributed by atoms with Crippen molar-refractivity contribution < 1.29 is 17.9 Å². The van der Waals surface area contributed by atoms with E-state index < -0.39 is 16.3 Å². The standard InChI is InChI=1S/C8H10N2O5S/c11-10(12)8-3-1-7(2-4-8)9-5-6-15-16(13)14/h1-4,9H,5-6H2,(H,13,14). The summed E-state index contributed by atoms with van der Waals surface area (Å²) in [7, 11) is 0. The molecule has 8 heteroatoms. The van der Waals surface area contributed by atoms with Gasteiger partial charge in [0.2, 0.25) is 0 Å². The molecule has 0 radical (unpaired) electrons. The zero-order chi connectivity index (χ0) is 12.0. The third-order valence-electron chi connectivity index (χ3n) is 1.69. The first-order valence-corrected chi connectivity index (χ1v) is 5.35. The highest BCUT2D eigenvalue weighted by Crippen LogP contribution is 2.14. The molecule has 0 fully saturated rings. The number of nitro benzene ring substituents is 1. The Kier molecular flexibility index (Phi) is 4.83. The van der Waals surface area contributed by atoms with Crippen LogP contribution in [-0.4, -0.2) is 26.8 Å². The van der Waals surface area contributed by atoms with Gasteiger partial charge in [-0.25, -0.2) is 0 Å². The molecule has 0 spiro atoms. The lowest BCUT2D eigenvalue weighted by atomic mass is 10.3. The van der Waals surface area contributed by atoms with Gasteiger partial charge < -0.3 is 5.32 Å². The molecule has 0 aliphatic heterocycles. The maximum Gasteiger partial charge on any atom is 0.301 e. The number of hydrogen-bond donors (Lipinski definition) is 2. The van der Waals surface area contributed by atoms with Crippen molar-refractivity contribution in [2.75, 3.05) is 18.5 Å².